The summed E-state index contributed by atoms with van der Waals surface area (Å²) in [6.45, 7) is 8.19. The molecule has 1 rings (SSSR count). The molecule has 1 saturated carbocycles. The summed E-state index contributed by atoms with van der Waals surface area (Å²) in [5, 5.41) is 5.33. The fourth-order valence-corrected chi connectivity index (χ4v) is 2.34. The van der Waals surface area contributed by atoms with Crippen LogP contribution in [0.3, 0.4) is 0 Å². The van der Waals surface area contributed by atoms with Gasteiger partial charge in [-0.05, 0) is 25.7 Å². The van der Waals surface area contributed by atoms with E-state index in [0.29, 0.717) is 11.2 Å². The summed E-state index contributed by atoms with van der Waals surface area (Å²) in [5.74, 6) is 0.316. The van der Waals surface area contributed by atoms with Crippen LogP contribution in [-0.2, 0) is 4.79 Å². The smallest absolute Gasteiger partial charge is 0.321 e. The van der Waals surface area contributed by atoms with Crippen molar-refractivity contribution in [3.05, 3.63) is 0 Å². The Labute approximate surface area is 107 Å². The molecule has 98 valence electrons. The van der Waals surface area contributed by atoms with Crippen molar-refractivity contribution in [2.24, 2.45) is 5.92 Å². The zero-order valence-corrected chi connectivity index (χ0v) is 11.8. The number of hydrogen-bond donors (Lipinski definition) is 2. The molecular weight excluding hydrogens is 236 g/mol. The topological polar surface area (TPSA) is 58.2 Å². The lowest BCUT2D eigenvalue weighted by Gasteiger charge is -2.19. The monoisotopic (exact) mass is 258 g/mol. The van der Waals surface area contributed by atoms with Crippen molar-refractivity contribution in [1.29, 1.82) is 0 Å². The van der Waals surface area contributed by atoms with Crippen molar-refractivity contribution < 1.29 is 9.59 Å². The van der Waals surface area contributed by atoms with Gasteiger partial charge in [-0.15, -0.1) is 11.8 Å². The van der Waals surface area contributed by atoms with Crippen molar-refractivity contribution in [3.8, 4) is 0 Å². The quantitative estimate of drug-likeness (QED) is 0.794. The molecular formula is C12H22N2O2S. The second-order valence-electron chi connectivity index (χ2n) is 4.96. The van der Waals surface area contributed by atoms with E-state index >= 15 is 0 Å². The predicted molar refractivity (Wildman–Crippen MR) is 71.0 cm³/mol. The highest BCUT2D eigenvalue weighted by molar-refractivity contribution is 8.01. The van der Waals surface area contributed by atoms with Gasteiger partial charge in [0.25, 0.3) is 0 Å². The molecule has 0 aromatic rings. The largest absolute Gasteiger partial charge is 0.335 e. The molecule has 0 heterocycles. The van der Waals surface area contributed by atoms with E-state index in [1.54, 1.807) is 11.8 Å². The summed E-state index contributed by atoms with van der Waals surface area (Å²) in [7, 11) is 0. The molecule has 0 aromatic heterocycles. The Morgan fingerprint density at radius 1 is 1.18 bits per heavy atom. The van der Waals surface area contributed by atoms with Crippen molar-refractivity contribution in [2.45, 2.75) is 57.1 Å². The fourth-order valence-electron chi connectivity index (χ4n) is 1.20. The first-order valence-electron chi connectivity index (χ1n) is 6.17. The van der Waals surface area contributed by atoms with Crippen LogP contribution in [0, 0.1) is 5.92 Å². The molecule has 0 aliphatic heterocycles. The van der Waals surface area contributed by atoms with Crippen LogP contribution in [0.2, 0.25) is 0 Å². The van der Waals surface area contributed by atoms with Gasteiger partial charge in [-0.25, -0.2) is 4.79 Å². The Morgan fingerprint density at radius 2 is 1.76 bits per heavy atom. The van der Waals surface area contributed by atoms with E-state index in [1.807, 2.05) is 6.92 Å². The van der Waals surface area contributed by atoms with Crippen LogP contribution in [0.5, 0.6) is 0 Å². The van der Waals surface area contributed by atoms with Gasteiger partial charge in [-0.3, -0.25) is 10.1 Å². The van der Waals surface area contributed by atoms with Crippen LogP contribution in [0.25, 0.3) is 0 Å². The van der Waals surface area contributed by atoms with Crippen molar-refractivity contribution in [3.63, 3.8) is 0 Å². The number of imide groups is 1. The highest BCUT2D eigenvalue weighted by Crippen LogP contribution is 2.23. The molecule has 1 aliphatic rings. The lowest BCUT2D eigenvalue weighted by atomic mass is 10.2. The minimum absolute atomic E-state index is 0.197. The average molecular weight is 258 g/mol. The highest BCUT2D eigenvalue weighted by atomic mass is 32.2. The maximum Gasteiger partial charge on any atom is 0.321 e. The molecule has 2 N–H and O–H groups in total. The summed E-state index contributed by atoms with van der Waals surface area (Å²) in [5.41, 5.74) is 0. The van der Waals surface area contributed by atoms with Crippen LogP contribution in [0.4, 0.5) is 4.79 Å². The van der Waals surface area contributed by atoms with Gasteiger partial charge < -0.3 is 5.32 Å². The third kappa shape index (κ3) is 5.44. The minimum atomic E-state index is -0.359. The molecule has 0 aromatic carbocycles. The molecule has 17 heavy (non-hydrogen) atoms. The van der Waals surface area contributed by atoms with Gasteiger partial charge in [0.2, 0.25) is 5.91 Å². The molecule has 0 unspecified atom stereocenters. The van der Waals surface area contributed by atoms with Gasteiger partial charge >= 0.3 is 6.03 Å². The molecule has 0 bridgehead atoms. The Morgan fingerprint density at radius 3 is 2.24 bits per heavy atom. The van der Waals surface area contributed by atoms with E-state index in [0.717, 1.165) is 12.8 Å². The summed E-state index contributed by atoms with van der Waals surface area (Å²) in [6, 6.07) is -0.0810. The number of hydrogen-bond acceptors (Lipinski definition) is 3. The van der Waals surface area contributed by atoms with Crippen LogP contribution in [-0.4, -0.2) is 28.5 Å². The number of carbonyl (C=O) groups excluding carboxylic acids is 2. The molecule has 5 heteroatoms. The number of amides is 3. The van der Waals surface area contributed by atoms with Gasteiger partial charge in [0.15, 0.2) is 0 Å². The SMILES string of the molecule is CC(C)[C@H](C)S[C@@H](C)C(=O)NC(=O)NC1CC1. The van der Waals surface area contributed by atoms with E-state index in [1.165, 1.54) is 0 Å². The third-order valence-corrected chi connectivity index (χ3v) is 4.47. The zero-order valence-electron chi connectivity index (χ0n) is 10.9. The third-order valence-electron chi connectivity index (χ3n) is 2.88. The number of rotatable bonds is 5. The van der Waals surface area contributed by atoms with Gasteiger partial charge in [-0.2, -0.15) is 0 Å². The Balaban J connectivity index is 2.27. The lowest BCUT2D eigenvalue weighted by molar-refractivity contribution is -0.119. The number of nitrogens with one attached hydrogen (secondary N) is 2. The lowest BCUT2D eigenvalue weighted by Crippen LogP contribution is -2.43. The minimum Gasteiger partial charge on any atom is -0.335 e. The second kappa shape index (κ2) is 6.28. The van der Waals surface area contributed by atoms with E-state index in [2.05, 4.69) is 31.4 Å². The van der Waals surface area contributed by atoms with Gasteiger partial charge in [0, 0.05) is 11.3 Å². The summed E-state index contributed by atoms with van der Waals surface area (Å²) >= 11 is 1.60. The van der Waals surface area contributed by atoms with Gasteiger partial charge in [-0.1, -0.05) is 20.8 Å². The summed E-state index contributed by atoms with van der Waals surface area (Å²) < 4.78 is 0. The molecule has 3 amide bonds. The maximum atomic E-state index is 11.7. The van der Waals surface area contributed by atoms with Crippen LogP contribution < -0.4 is 10.6 Å². The normalized spacial score (nSPS) is 18.6. The molecule has 0 spiro atoms. The predicted octanol–water partition coefficient (Wildman–Crippen LogP) is 2.14. The van der Waals surface area contributed by atoms with E-state index in [9.17, 15) is 9.59 Å². The first kappa shape index (κ1) is 14.4. The first-order chi connectivity index (χ1) is 7.90. The van der Waals surface area contributed by atoms with E-state index in [4.69, 9.17) is 0 Å². The molecule has 1 aliphatic carbocycles. The fraction of sp³-hybridized carbons (Fsp3) is 0.833. The van der Waals surface area contributed by atoms with Crippen molar-refractivity contribution >= 4 is 23.7 Å². The average Bonchev–Trinajstić information content (AvgIpc) is 3.00. The molecule has 4 nitrogen and oxygen atoms in total. The number of urea groups is 1. The molecule has 0 radical (unpaired) electrons. The van der Waals surface area contributed by atoms with Crippen molar-refractivity contribution in [2.75, 3.05) is 0 Å². The molecule has 1 fully saturated rings. The highest BCUT2D eigenvalue weighted by Gasteiger charge is 2.25. The zero-order chi connectivity index (χ0) is 13.0. The number of carbonyl (C=O) groups is 2. The Bertz CT molecular complexity index is 290. The maximum absolute atomic E-state index is 11.7. The van der Waals surface area contributed by atoms with E-state index in [-0.39, 0.29) is 23.2 Å². The Kier molecular flexibility index (Phi) is 5.31. The second-order valence-corrected chi connectivity index (χ2v) is 6.69. The van der Waals surface area contributed by atoms with Crippen LogP contribution in [0.1, 0.15) is 40.5 Å². The summed E-state index contributed by atoms with van der Waals surface area (Å²) in [4.78, 5) is 23.1. The molecule has 0 saturated heterocycles. The number of thioether (sulfide) groups is 1. The first-order valence-corrected chi connectivity index (χ1v) is 7.11. The summed E-state index contributed by atoms with van der Waals surface area (Å²) in [6.07, 6.45) is 2.05. The Hall–Kier alpha value is -0.710. The molecule has 2 atom stereocenters. The standard InChI is InChI=1S/C12H22N2O2S/c1-7(2)8(3)17-9(4)11(15)14-12(16)13-10-5-6-10/h7-10H,5-6H2,1-4H3,(H2,13,14,15,16)/t8-,9-/m0/s1. The van der Waals surface area contributed by atoms with Crippen LogP contribution in [0.15, 0.2) is 0 Å². The van der Waals surface area contributed by atoms with Crippen molar-refractivity contribution in [1.82, 2.24) is 10.6 Å². The van der Waals surface area contributed by atoms with Crippen LogP contribution >= 0.6 is 11.8 Å². The van der Waals surface area contributed by atoms with Gasteiger partial charge in [0.05, 0.1) is 5.25 Å². The van der Waals surface area contributed by atoms with E-state index < -0.39 is 0 Å². The van der Waals surface area contributed by atoms with Gasteiger partial charge in [0.1, 0.15) is 0 Å².